The first-order chi connectivity index (χ1) is 13.6. The normalized spacial score (nSPS) is 14.9. The molecule has 0 aromatic heterocycles. The smallest absolute Gasteiger partial charge is 0.244 e. The van der Waals surface area contributed by atoms with Gasteiger partial charge < -0.3 is 9.47 Å². The quantitative estimate of drug-likeness (QED) is 0.408. The van der Waals surface area contributed by atoms with E-state index in [1.54, 1.807) is 25.3 Å². The summed E-state index contributed by atoms with van der Waals surface area (Å²) in [5.41, 5.74) is 2.37. The first kappa shape index (κ1) is 20.6. The lowest BCUT2D eigenvalue weighted by Gasteiger charge is -2.09. The summed E-state index contributed by atoms with van der Waals surface area (Å²) in [6, 6.07) is 13.1. The zero-order valence-corrected chi connectivity index (χ0v) is 17.6. The van der Waals surface area contributed by atoms with Crippen molar-refractivity contribution < 1.29 is 14.3 Å². The lowest BCUT2D eigenvalue weighted by Crippen LogP contribution is -1.96. The highest BCUT2D eigenvalue weighted by molar-refractivity contribution is 8.45. The Labute approximate surface area is 177 Å². The number of methoxy groups -OCH3 is 1. The minimum absolute atomic E-state index is 0.0652. The fourth-order valence-corrected chi connectivity index (χ4v) is 4.30. The van der Waals surface area contributed by atoms with Gasteiger partial charge in [0.25, 0.3) is 0 Å². The molecule has 1 aliphatic heterocycles. The van der Waals surface area contributed by atoms with Crippen molar-refractivity contribution in [1.29, 1.82) is 0 Å². The maximum Gasteiger partial charge on any atom is 0.244 e. The lowest BCUT2D eigenvalue weighted by atomic mass is 10.1. The Morgan fingerprint density at radius 3 is 2.71 bits per heavy atom. The van der Waals surface area contributed by atoms with Crippen LogP contribution in [-0.2, 0) is 10.5 Å². The molecule has 0 N–H and O–H groups in total. The third kappa shape index (κ3) is 5.44. The molecule has 4 nitrogen and oxygen atoms in total. The monoisotopic (exact) mass is 431 g/mol. The van der Waals surface area contributed by atoms with E-state index in [2.05, 4.69) is 11.6 Å². The summed E-state index contributed by atoms with van der Waals surface area (Å²) in [4.78, 5) is 16.8. The van der Waals surface area contributed by atoms with Gasteiger partial charge in [-0.3, -0.25) is 4.79 Å². The fraction of sp³-hybridized carbons (Fsp3) is 0.143. The number of hydrogen-bond acceptors (Lipinski definition) is 6. The number of carbonyl (C=O) groups excluding carboxylic acids is 1. The summed E-state index contributed by atoms with van der Waals surface area (Å²) >= 11 is 8.59. The molecular formula is C21H18ClNO3S2. The topological polar surface area (TPSA) is 47.9 Å². The molecule has 1 aliphatic rings. The highest BCUT2D eigenvalue weighted by Gasteiger charge is 2.22. The van der Waals surface area contributed by atoms with Gasteiger partial charge in [0.05, 0.1) is 7.11 Å². The van der Waals surface area contributed by atoms with Crippen LogP contribution < -0.4 is 9.47 Å². The highest BCUT2D eigenvalue weighted by atomic mass is 35.5. The number of thioether (sulfide) groups is 2. The van der Waals surface area contributed by atoms with E-state index in [0.717, 1.165) is 33.0 Å². The van der Waals surface area contributed by atoms with Gasteiger partial charge in [-0.25, -0.2) is 4.99 Å². The second kappa shape index (κ2) is 9.87. The summed E-state index contributed by atoms with van der Waals surface area (Å²) in [6.07, 6.45) is 3.42. The van der Waals surface area contributed by atoms with Gasteiger partial charge in [0, 0.05) is 10.8 Å². The van der Waals surface area contributed by atoms with Gasteiger partial charge in [-0.1, -0.05) is 54.2 Å². The number of carbonyl (C=O) groups is 1. The van der Waals surface area contributed by atoms with Crippen molar-refractivity contribution in [3.05, 3.63) is 77.0 Å². The molecule has 1 heterocycles. The molecule has 2 aromatic rings. The van der Waals surface area contributed by atoms with Crippen molar-refractivity contribution >= 4 is 50.7 Å². The molecule has 0 saturated heterocycles. The number of hydrogen-bond donors (Lipinski definition) is 0. The first-order valence-electron chi connectivity index (χ1n) is 8.40. The molecule has 28 heavy (non-hydrogen) atoms. The van der Waals surface area contributed by atoms with Crippen LogP contribution in [-0.4, -0.2) is 23.2 Å². The van der Waals surface area contributed by atoms with Crippen LogP contribution in [0.5, 0.6) is 11.5 Å². The Hall–Kier alpha value is -2.15. The van der Waals surface area contributed by atoms with Gasteiger partial charge >= 0.3 is 0 Å². The van der Waals surface area contributed by atoms with E-state index in [1.165, 1.54) is 11.8 Å². The van der Waals surface area contributed by atoms with Gasteiger partial charge in [0.1, 0.15) is 16.7 Å². The summed E-state index contributed by atoms with van der Waals surface area (Å²) in [5, 5.41) is 0.641. The van der Waals surface area contributed by atoms with E-state index in [1.807, 2.05) is 36.4 Å². The predicted octanol–water partition coefficient (Wildman–Crippen LogP) is 5.82. The van der Waals surface area contributed by atoms with Crippen molar-refractivity contribution in [3.8, 4) is 11.5 Å². The second-order valence-corrected chi connectivity index (χ2v) is 8.34. The maximum atomic E-state index is 12.3. The Balaban J connectivity index is 1.71. The zero-order valence-electron chi connectivity index (χ0n) is 15.2. The first-order valence-corrected chi connectivity index (χ1v) is 10.6. The summed E-state index contributed by atoms with van der Waals surface area (Å²) in [6.45, 7) is 4.03. The van der Waals surface area contributed by atoms with Gasteiger partial charge in [0.15, 0.2) is 11.5 Å². The van der Waals surface area contributed by atoms with Crippen LogP contribution in [0.4, 0.5) is 0 Å². The van der Waals surface area contributed by atoms with Gasteiger partial charge in [-0.15, -0.1) is 0 Å². The van der Waals surface area contributed by atoms with Crippen LogP contribution in [0.25, 0.3) is 6.08 Å². The molecule has 7 heteroatoms. The fourth-order valence-electron chi connectivity index (χ4n) is 2.38. The lowest BCUT2D eigenvalue weighted by molar-refractivity contribution is -0.107. The molecular weight excluding hydrogens is 414 g/mol. The standard InChI is InChI=1S/C21H18ClNO3S2/c1-3-10-26-18-9-6-15(12-19(18)25-2)11-17-20(24)28-21(23-17)27-13-14-4-7-16(22)8-5-14/h3-9,11-12H,1,10,13H2,2H3. The Morgan fingerprint density at radius 2 is 2.00 bits per heavy atom. The highest BCUT2D eigenvalue weighted by Crippen LogP contribution is 2.34. The van der Waals surface area contributed by atoms with Crippen molar-refractivity contribution in [2.45, 2.75) is 5.75 Å². The molecule has 0 amide bonds. The van der Waals surface area contributed by atoms with Gasteiger partial charge in [0.2, 0.25) is 5.12 Å². The Bertz CT molecular complexity index is 939. The van der Waals surface area contributed by atoms with Crippen LogP contribution >= 0.6 is 35.1 Å². The summed E-state index contributed by atoms with van der Waals surface area (Å²) < 4.78 is 11.7. The largest absolute Gasteiger partial charge is 0.493 e. The molecule has 0 aliphatic carbocycles. The van der Waals surface area contributed by atoms with Gasteiger partial charge in [-0.2, -0.15) is 0 Å². The van der Waals surface area contributed by atoms with E-state index >= 15 is 0 Å². The maximum absolute atomic E-state index is 12.3. The van der Waals surface area contributed by atoms with Crippen LogP contribution in [0.3, 0.4) is 0 Å². The van der Waals surface area contributed by atoms with Crippen molar-refractivity contribution in [2.24, 2.45) is 4.99 Å². The van der Waals surface area contributed by atoms with Crippen molar-refractivity contribution in [2.75, 3.05) is 13.7 Å². The number of ether oxygens (including phenoxy) is 2. The number of rotatable bonds is 7. The molecule has 0 fully saturated rings. The number of nitrogens with zero attached hydrogens (tertiary/aromatic N) is 1. The zero-order chi connectivity index (χ0) is 19.9. The summed E-state index contributed by atoms with van der Waals surface area (Å²) in [7, 11) is 1.58. The Morgan fingerprint density at radius 1 is 1.21 bits per heavy atom. The molecule has 0 unspecified atom stereocenters. The number of halogens is 1. The minimum atomic E-state index is -0.0652. The van der Waals surface area contributed by atoms with Crippen LogP contribution in [0.15, 0.2) is 65.8 Å². The van der Waals surface area contributed by atoms with E-state index in [4.69, 9.17) is 21.1 Å². The molecule has 2 aromatic carbocycles. The van der Waals surface area contributed by atoms with E-state index < -0.39 is 0 Å². The third-order valence-electron chi connectivity index (χ3n) is 3.72. The molecule has 0 bridgehead atoms. The third-order valence-corrected chi connectivity index (χ3v) is 6.06. The molecule has 3 rings (SSSR count). The Kier molecular flexibility index (Phi) is 7.25. The molecule has 0 atom stereocenters. The molecule has 0 saturated carbocycles. The van der Waals surface area contributed by atoms with Crippen molar-refractivity contribution in [1.82, 2.24) is 0 Å². The van der Waals surface area contributed by atoms with E-state index in [9.17, 15) is 4.79 Å². The number of benzene rings is 2. The van der Waals surface area contributed by atoms with Gasteiger partial charge in [-0.05, 0) is 53.2 Å². The predicted molar refractivity (Wildman–Crippen MR) is 119 cm³/mol. The minimum Gasteiger partial charge on any atom is -0.493 e. The average Bonchev–Trinajstić information content (AvgIpc) is 3.05. The van der Waals surface area contributed by atoms with E-state index in [-0.39, 0.29) is 5.12 Å². The number of aliphatic imine (C=N–C) groups is 1. The van der Waals surface area contributed by atoms with Crippen LogP contribution in [0, 0.1) is 0 Å². The van der Waals surface area contributed by atoms with Crippen LogP contribution in [0.2, 0.25) is 5.02 Å². The average molecular weight is 432 g/mol. The molecule has 0 radical (unpaired) electrons. The molecule has 0 spiro atoms. The van der Waals surface area contributed by atoms with E-state index in [0.29, 0.717) is 28.8 Å². The SMILES string of the molecule is C=CCOc1ccc(C=C2N=C(SCc3ccc(Cl)cc3)SC2=O)cc1OC. The summed E-state index contributed by atoms with van der Waals surface area (Å²) in [5.74, 6) is 1.95. The second-order valence-electron chi connectivity index (χ2n) is 5.72. The van der Waals surface area contributed by atoms with Crippen molar-refractivity contribution in [3.63, 3.8) is 0 Å². The molecule has 144 valence electrons. The van der Waals surface area contributed by atoms with Crippen LogP contribution in [0.1, 0.15) is 11.1 Å².